The molecule has 40 heavy (non-hydrogen) atoms. The van der Waals surface area contributed by atoms with Crippen molar-refractivity contribution in [1.82, 2.24) is 0 Å². The molecule has 4 nitrogen and oxygen atoms in total. The Hall–Kier alpha value is -1.54. The van der Waals surface area contributed by atoms with Crippen LogP contribution in [-0.4, -0.2) is 20.4 Å². The van der Waals surface area contributed by atoms with Crippen LogP contribution in [0.15, 0.2) is 68.0 Å². The number of phenols is 3. The van der Waals surface area contributed by atoms with Crippen LogP contribution in [0, 0.1) is 17.8 Å². The lowest BCUT2D eigenvalue weighted by molar-refractivity contribution is 0.0307. The molecular formula is C33H39Br3O4. The summed E-state index contributed by atoms with van der Waals surface area (Å²) in [6.07, 6.45) is 7.33. The van der Waals surface area contributed by atoms with Crippen molar-refractivity contribution in [3.8, 4) is 17.2 Å². The number of aliphatic hydroxyl groups is 1. The molecule has 216 valence electrons. The van der Waals surface area contributed by atoms with Crippen molar-refractivity contribution in [3.63, 3.8) is 0 Å². The smallest absolute Gasteiger partial charge is 0.135 e. The van der Waals surface area contributed by atoms with E-state index >= 15 is 0 Å². The van der Waals surface area contributed by atoms with Crippen molar-refractivity contribution in [2.75, 3.05) is 0 Å². The van der Waals surface area contributed by atoms with Gasteiger partial charge >= 0.3 is 0 Å². The molecule has 3 aliphatic rings. The minimum Gasteiger partial charge on any atom is -0.506 e. The van der Waals surface area contributed by atoms with E-state index in [1.54, 1.807) is 19.1 Å². The first kappa shape index (κ1) is 31.4. The molecule has 6 rings (SSSR count). The van der Waals surface area contributed by atoms with Crippen molar-refractivity contribution >= 4 is 47.8 Å². The summed E-state index contributed by atoms with van der Waals surface area (Å²) in [5.74, 6) is 3.87. The largest absolute Gasteiger partial charge is 0.506 e. The Morgan fingerprint density at radius 2 is 1.00 bits per heavy atom. The van der Waals surface area contributed by atoms with Crippen molar-refractivity contribution < 1.29 is 20.4 Å². The highest BCUT2D eigenvalue weighted by atomic mass is 79.9. The highest BCUT2D eigenvalue weighted by molar-refractivity contribution is 9.11. The zero-order chi connectivity index (χ0) is 29.2. The zero-order valence-corrected chi connectivity index (χ0v) is 28.0. The van der Waals surface area contributed by atoms with Crippen LogP contribution in [-0.2, 0) is 5.60 Å². The number of rotatable bonds is 6. The van der Waals surface area contributed by atoms with E-state index in [0.717, 1.165) is 44.7 Å². The van der Waals surface area contributed by atoms with Crippen LogP contribution in [0.5, 0.6) is 17.2 Å². The molecule has 3 unspecified atom stereocenters. The third-order valence-electron chi connectivity index (χ3n) is 8.58. The fourth-order valence-electron chi connectivity index (χ4n) is 5.29. The normalized spacial score (nSPS) is 19.3. The van der Waals surface area contributed by atoms with Crippen LogP contribution in [0.25, 0.3) is 0 Å². The molecule has 3 saturated carbocycles. The molecule has 3 aliphatic carbocycles. The Kier molecular flexibility index (Phi) is 10.3. The Morgan fingerprint density at radius 1 is 0.625 bits per heavy atom. The van der Waals surface area contributed by atoms with Gasteiger partial charge in [-0.2, -0.15) is 0 Å². The summed E-state index contributed by atoms with van der Waals surface area (Å²) in [6.45, 7) is 6.16. The van der Waals surface area contributed by atoms with Crippen molar-refractivity contribution in [2.24, 2.45) is 17.8 Å². The van der Waals surface area contributed by atoms with Crippen molar-refractivity contribution in [2.45, 2.75) is 76.7 Å². The third kappa shape index (κ3) is 7.64. The molecule has 3 aromatic rings. The lowest BCUT2D eigenvalue weighted by Crippen LogP contribution is -2.23. The Morgan fingerprint density at radius 3 is 1.38 bits per heavy atom. The molecule has 4 N–H and O–H groups in total. The Bertz CT molecular complexity index is 1250. The van der Waals surface area contributed by atoms with E-state index in [1.807, 2.05) is 42.5 Å². The van der Waals surface area contributed by atoms with Crippen LogP contribution in [0.2, 0.25) is 0 Å². The van der Waals surface area contributed by atoms with Crippen molar-refractivity contribution in [1.29, 1.82) is 0 Å². The number of benzene rings is 3. The molecule has 0 saturated heterocycles. The molecule has 3 aromatic carbocycles. The Labute approximate surface area is 263 Å². The van der Waals surface area contributed by atoms with Gasteiger partial charge in [-0.3, -0.25) is 0 Å². The standard InChI is InChI=1S/C11H13BrO2.2C11H13BrO/c1-11(14,7-5-6-7)8-3-2-4-9(12)10(8)13;2*1-7(8-5-6-8)9-3-2-4-10(12)11(9)13/h2-4,7,13-14H,5-6H2,1H3;2*2-4,7-8,13H,5-6H2,1H3. The summed E-state index contributed by atoms with van der Waals surface area (Å²) in [7, 11) is 0. The summed E-state index contributed by atoms with van der Waals surface area (Å²) in [5.41, 5.74) is 1.89. The number of phenolic OH excluding ortho intramolecular Hbond substituents is 3. The number of hydrogen-bond donors (Lipinski definition) is 4. The van der Waals surface area contributed by atoms with Gasteiger partial charge in [-0.05, 0) is 152 Å². The topological polar surface area (TPSA) is 80.9 Å². The average molecular weight is 739 g/mol. The second kappa shape index (κ2) is 13.2. The highest BCUT2D eigenvalue weighted by Gasteiger charge is 2.42. The van der Waals surface area contributed by atoms with E-state index < -0.39 is 5.60 Å². The van der Waals surface area contributed by atoms with E-state index in [9.17, 15) is 20.4 Å². The van der Waals surface area contributed by atoms with Crippen LogP contribution in [0.1, 0.15) is 87.8 Å². The number of hydrogen-bond acceptors (Lipinski definition) is 4. The minimum absolute atomic E-state index is 0.157. The van der Waals surface area contributed by atoms with Crippen LogP contribution >= 0.6 is 47.8 Å². The van der Waals surface area contributed by atoms with Gasteiger partial charge in [0.05, 0.1) is 19.0 Å². The molecule has 7 heteroatoms. The lowest BCUT2D eigenvalue weighted by atomic mass is 9.90. The van der Waals surface area contributed by atoms with E-state index in [4.69, 9.17) is 0 Å². The highest BCUT2D eigenvalue weighted by Crippen LogP contribution is 2.49. The summed E-state index contributed by atoms with van der Waals surface area (Å²) >= 11 is 9.91. The summed E-state index contributed by atoms with van der Waals surface area (Å²) in [4.78, 5) is 0. The maximum absolute atomic E-state index is 10.2. The summed E-state index contributed by atoms with van der Waals surface area (Å²) in [5, 5.41) is 39.6. The fraction of sp³-hybridized carbons (Fsp3) is 0.455. The molecule has 0 spiro atoms. The van der Waals surface area contributed by atoms with Gasteiger partial charge < -0.3 is 20.4 Å². The molecule has 0 bridgehead atoms. The van der Waals surface area contributed by atoms with Gasteiger partial charge in [0.25, 0.3) is 0 Å². The predicted molar refractivity (Wildman–Crippen MR) is 172 cm³/mol. The lowest BCUT2D eigenvalue weighted by Gasteiger charge is -2.24. The van der Waals surface area contributed by atoms with Gasteiger partial charge in [0.15, 0.2) is 0 Å². The van der Waals surface area contributed by atoms with Gasteiger partial charge in [-0.1, -0.05) is 50.2 Å². The van der Waals surface area contributed by atoms with E-state index in [-0.39, 0.29) is 5.75 Å². The number of halogens is 3. The van der Waals surface area contributed by atoms with Crippen LogP contribution in [0.4, 0.5) is 0 Å². The van der Waals surface area contributed by atoms with Gasteiger partial charge in [-0.25, -0.2) is 0 Å². The number of para-hydroxylation sites is 3. The SMILES string of the molecule is CC(O)(c1cccc(Br)c1O)C1CC1.CC(c1cccc(Br)c1O)C1CC1.CC(c1cccc(Br)c1O)C1CC1. The van der Waals surface area contributed by atoms with Gasteiger partial charge in [0, 0.05) is 5.56 Å². The first-order valence-corrected chi connectivity index (χ1v) is 16.5. The van der Waals surface area contributed by atoms with Crippen LogP contribution in [0.3, 0.4) is 0 Å². The van der Waals surface area contributed by atoms with E-state index in [1.165, 1.54) is 25.7 Å². The maximum atomic E-state index is 10.2. The fourth-order valence-corrected chi connectivity index (χ4v) is 6.42. The van der Waals surface area contributed by atoms with E-state index in [2.05, 4.69) is 61.6 Å². The van der Waals surface area contributed by atoms with E-state index in [0.29, 0.717) is 39.3 Å². The first-order chi connectivity index (χ1) is 18.9. The Balaban J connectivity index is 0.000000139. The molecule has 0 aromatic heterocycles. The van der Waals surface area contributed by atoms with Gasteiger partial charge in [0.1, 0.15) is 17.2 Å². The molecule has 0 heterocycles. The predicted octanol–water partition coefficient (Wildman–Crippen LogP) is 10.1. The summed E-state index contributed by atoms with van der Waals surface area (Å²) < 4.78 is 2.24. The zero-order valence-electron chi connectivity index (χ0n) is 23.2. The minimum atomic E-state index is -0.895. The molecule has 0 radical (unpaired) electrons. The van der Waals surface area contributed by atoms with Crippen molar-refractivity contribution in [3.05, 3.63) is 84.7 Å². The second-order valence-corrected chi connectivity index (χ2v) is 14.2. The third-order valence-corrected chi connectivity index (χ3v) is 10.5. The molecular weight excluding hydrogens is 700 g/mol. The monoisotopic (exact) mass is 736 g/mol. The summed E-state index contributed by atoms with van der Waals surface area (Å²) in [6, 6.07) is 17.1. The van der Waals surface area contributed by atoms with Crippen LogP contribution < -0.4 is 0 Å². The second-order valence-electron chi connectivity index (χ2n) is 11.7. The first-order valence-electron chi connectivity index (χ1n) is 14.1. The van der Waals surface area contributed by atoms with Gasteiger partial charge in [0.2, 0.25) is 0 Å². The van der Waals surface area contributed by atoms with Gasteiger partial charge in [-0.15, -0.1) is 0 Å². The molecule has 0 aliphatic heterocycles. The molecule has 3 atom stereocenters. The maximum Gasteiger partial charge on any atom is 0.135 e. The quantitative estimate of drug-likeness (QED) is 0.203. The number of aromatic hydroxyl groups is 3. The molecule has 3 fully saturated rings. The molecule has 0 amide bonds. The average Bonchev–Trinajstić information content (AvgIpc) is 3.79.